The first kappa shape index (κ1) is 30.1. The van der Waals surface area contributed by atoms with Gasteiger partial charge in [-0.1, -0.05) is 18.2 Å². The first-order valence-corrected chi connectivity index (χ1v) is 16.9. The Labute approximate surface area is 275 Å². The lowest BCUT2D eigenvalue weighted by Crippen LogP contribution is -2.70. The van der Waals surface area contributed by atoms with E-state index in [1.54, 1.807) is 7.05 Å². The number of fused-ring (bicyclic) bond motifs is 4. The van der Waals surface area contributed by atoms with E-state index in [0.717, 1.165) is 70.8 Å². The normalized spacial score (nSPS) is 24.7. The molecule has 3 aliphatic heterocycles. The fourth-order valence-corrected chi connectivity index (χ4v) is 8.18. The van der Waals surface area contributed by atoms with Crippen LogP contribution in [0.2, 0.25) is 0 Å². The zero-order valence-corrected chi connectivity index (χ0v) is 28.0. The van der Waals surface area contributed by atoms with Crippen LogP contribution < -0.4 is 15.5 Å². The van der Waals surface area contributed by atoms with Gasteiger partial charge in [-0.25, -0.2) is 9.97 Å². The topological polar surface area (TPSA) is 105 Å². The molecule has 4 aromatic rings. The lowest BCUT2D eigenvalue weighted by molar-refractivity contribution is -0.161. The number of benzene rings is 2. The van der Waals surface area contributed by atoms with Crippen molar-refractivity contribution in [1.82, 2.24) is 24.8 Å². The molecule has 2 saturated heterocycles. The summed E-state index contributed by atoms with van der Waals surface area (Å²) in [6.45, 7) is 11.9. The second-order valence-corrected chi connectivity index (χ2v) is 14.5. The molecule has 2 unspecified atom stereocenters. The summed E-state index contributed by atoms with van der Waals surface area (Å²) in [4.78, 5) is 41.2. The Morgan fingerprint density at radius 2 is 1.74 bits per heavy atom. The second-order valence-electron chi connectivity index (χ2n) is 14.5. The lowest BCUT2D eigenvalue weighted by Gasteiger charge is -2.60. The summed E-state index contributed by atoms with van der Waals surface area (Å²) in [5.74, 6) is 0.702. The summed E-state index contributed by atoms with van der Waals surface area (Å²) in [7, 11) is 1.64. The number of imidazole rings is 1. The zero-order chi connectivity index (χ0) is 32.8. The van der Waals surface area contributed by atoms with Crippen LogP contribution in [0.4, 0.5) is 17.2 Å². The number of ether oxygens (including phenoxy) is 1. The van der Waals surface area contributed by atoms with E-state index in [-0.39, 0.29) is 23.9 Å². The Bertz CT molecular complexity index is 1910. The van der Waals surface area contributed by atoms with Crippen molar-refractivity contribution in [2.75, 3.05) is 30.5 Å². The SMILES string of the molecule is CNC(=O)c1cc(Nc2nc(-c3ccc4c(c3)N(C3CC(N5C6COCC5C6)C3)C(=O)C4(C)C)cc3ncn(C(C)C)c23)ccc1C. The molecular weight excluding hydrogens is 590 g/mol. The third-order valence-electron chi connectivity index (χ3n) is 10.9. The quantitative estimate of drug-likeness (QED) is 0.268. The molecule has 10 heteroatoms. The van der Waals surface area contributed by atoms with Gasteiger partial charge in [-0.05, 0) is 89.3 Å². The van der Waals surface area contributed by atoms with Crippen LogP contribution in [0.1, 0.15) is 74.5 Å². The smallest absolute Gasteiger partial charge is 0.251 e. The van der Waals surface area contributed by atoms with Crippen LogP contribution in [0.5, 0.6) is 0 Å². The minimum absolute atomic E-state index is 0.134. The predicted molar refractivity (Wildman–Crippen MR) is 183 cm³/mol. The molecule has 4 aliphatic rings. The Morgan fingerprint density at radius 3 is 2.45 bits per heavy atom. The first-order chi connectivity index (χ1) is 22.5. The van der Waals surface area contributed by atoms with Gasteiger partial charge in [-0.2, -0.15) is 0 Å². The average Bonchev–Trinajstić information content (AvgIpc) is 3.56. The number of morpholine rings is 1. The third-order valence-corrected chi connectivity index (χ3v) is 10.9. The van der Waals surface area contributed by atoms with E-state index in [1.165, 1.54) is 6.42 Å². The van der Waals surface area contributed by atoms with Crippen LogP contribution in [-0.4, -0.2) is 75.7 Å². The number of amides is 2. The first-order valence-electron chi connectivity index (χ1n) is 16.9. The molecule has 8 rings (SSSR count). The van der Waals surface area contributed by atoms with Gasteiger partial charge >= 0.3 is 0 Å². The molecule has 1 aliphatic carbocycles. The van der Waals surface area contributed by atoms with Crippen molar-refractivity contribution in [2.45, 2.75) is 89.5 Å². The maximum absolute atomic E-state index is 14.0. The van der Waals surface area contributed by atoms with Crippen molar-refractivity contribution >= 4 is 40.0 Å². The molecule has 47 heavy (non-hydrogen) atoms. The number of carbonyl (C=O) groups is 2. The highest BCUT2D eigenvalue weighted by atomic mass is 16.5. The predicted octanol–water partition coefficient (Wildman–Crippen LogP) is 5.72. The molecule has 1 saturated carbocycles. The molecule has 244 valence electrons. The number of aromatic nitrogens is 3. The second kappa shape index (κ2) is 10.9. The highest BCUT2D eigenvalue weighted by Crippen LogP contribution is 2.49. The number of aryl methyl sites for hydroxylation is 1. The summed E-state index contributed by atoms with van der Waals surface area (Å²) >= 11 is 0. The maximum Gasteiger partial charge on any atom is 0.251 e. The van der Waals surface area contributed by atoms with Gasteiger partial charge in [0.15, 0.2) is 5.82 Å². The van der Waals surface area contributed by atoms with Crippen LogP contribution in [0.3, 0.4) is 0 Å². The molecule has 2 N–H and O–H groups in total. The largest absolute Gasteiger partial charge is 0.378 e. The van der Waals surface area contributed by atoms with Crippen molar-refractivity contribution in [2.24, 2.45) is 0 Å². The molecule has 2 amide bonds. The highest BCUT2D eigenvalue weighted by Gasteiger charge is 2.54. The summed E-state index contributed by atoms with van der Waals surface area (Å²) in [6, 6.07) is 16.1. The average molecular weight is 634 g/mol. The Balaban J connectivity index is 1.16. The van der Waals surface area contributed by atoms with Gasteiger partial charge < -0.3 is 24.8 Å². The molecule has 2 atom stereocenters. The van der Waals surface area contributed by atoms with Crippen molar-refractivity contribution in [3.63, 3.8) is 0 Å². The van der Waals surface area contributed by atoms with E-state index in [9.17, 15) is 9.59 Å². The van der Waals surface area contributed by atoms with E-state index in [2.05, 4.69) is 57.0 Å². The molecule has 3 fully saturated rings. The number of carbonyl (C=O) groups excluding carboxylic acids is 2. The van der Waals surface area contributed by atoms with Gasteiger partial charge in [0.1, 0.15) is 5.52 Å². The highest BCUT2D eigenvalue weighted by molar-refractivity contribution is 6.09. The fourth-order valence-electron chi connectivity index (χ4n) is 8.18. The maximum atomic E-state index is 14.0. The van der Waals surface area contributed by atoms with E-state index in [1.807, 2.05) is 51.4 Å². The molecule has 2 aromatic carbocycles. The van der Waals surface area contributed by atoms with Crippen molar-refractivity contribution in [1.29, 1.82) is 0 Å². The summed E-state index contributed by atoms with van der Waals surface area (Å²) < 4.78 is 7.83. The lowest BCUT2D eigenvalue weighted by atomic mass is 9.77. The van der Waals surface area contributed by atoms with Gasteiger partial charge in [-0.3, -0.25) is 14.5 Å². The zero-order valence-electron chi connectivity index (χ0n) is 28.0. The van der Waals surface area contributed by atoms with Gasteiger partial charge in [0.05, 0.1) is 36.2 Å². The van der Waals surface area contributed by atoms with E-state index >= 15 is 0 Å². The Morgan fingerprint density at radius 1 is 1.00 bits per heavy atom. The minimum Gasteiger partial charge on any atom is -0.378 e. The molecule has 10 nitrogen and oxygen atoms in total. The molecule has 5 heterocycles. The van der Waals surface area contributed by atoms with Crippen LogP contribution >= 0.6 is 0 Å². The standard InChI is InChI=1S/C37H43N7O3/c1-20(2)42-19-39-31-16-30(41-34(33(31)42)40-23-9-7-21(3)28(12-23)35(45)38-6)22-8-10-29-32(11-22)44(36(46)37(29,4)5)25-13-24(14-25)43-26-15-27(43)18-47-17-26/h7-12,16,19-20,24-27H,13-15,17-18H2,1-6H3,(H,38,45)(H,40,41). The molecule has 2 aromatic heterocycles. The van der Waals surface area contributed by atoms with Crippen LogP contribution in [-0.2, 0) is 14.9 Å². The minimum atomic E-state index is -0.589. The number of hydrogen-bond donors (Lipinski definition) is 2. The summed E-state index contributed by atoms with van der Waals surface area (Å²) in [5.41, 5.74) is 7.16. The van der Waals surface area contributed by atoms with Crippen LogP contribution in [0.25, 0.3) is 22.3 Å². The number of nitrogens with one attached hydrogen (secondary N) is 2. The Kier molecular flexibility index (Phi) is 6.97. The third kappa shape index (κ3) is 4.67. The summed E-state index contributed by atoms with van der Waals surface area (Å²) in [5, 5.41) is 6.25. The Hall–Kier alpha value is -4.28. The van der Waals surface area contributed by atoms with Gasteiger partial charge in [0.25, 0.3) is 5.91 Å². The molecular formula is C37H43N7O3. The van der Waals surface area contributed by atoms with Crippen molar-refractivity contribution < 1.29 is 14.3 Å². The number of nitrogens with zero attached hydrogens (tertiary/aromatic N) is 5. The number of anilines is 3. The van der Waals surface area contributed by atoms with Crippen molar-refractivity contribution in [3.8, 4) is 11.3 Å². The van der Waals surface area contributed by atoms with E-state index < -0.39 is 5.41 Å². The number of hydrogen-bond acceptors (Lipinski definition) is 7. The molecule has 0 radical (unpaired) electrons. The van der Waals surface area contributed by atoms with Crippen LogP contribution in [0, 0.1) is 6.92 Å². The summed E-state index contributed by atoms with van der Waals surface area (Å²) in [6.07, 6.45) is 5.09. The van der Waals surface area contributed by atoms with Gasteiger partial charge in [0, 0.05) is 59.8 Å². The van der Waals surface area contributed by atoms with E-state index in [0.29, 0.717) is 29.5 Å². The fraction of sp³-hybridized carbons (Fsp3) is 0.459. The molecule has 2 bridgehead atoms. The van der Waals surface area contributed by atoms with Crippen molar-refractivity contribution in [3.05, 3.63) is 65.5 Å². The van der Waals surface area contributed by atoms with Gasteiger partial charge in [-0.15, -0.1) is 0 Å². The van der Waals surface area contributed by atoms with Gasteiger partial charge in [0.2, 0.25) is 5.91 Å². The number of rotatable bonds is 7. The van der Waals surface area contributed by atoms with Crippen LogP contribution in [0.15, 0.2) is 48.8 Å². The van der Waals surface area contributed by atoms with E-state index in [4.69, 9.17) is 14.7 Å². The number of pyridine rings is 1. The monoisotopic (exact) mass is 633 g/mol. The molecule has 0 spiro atoms.